The number of aliphatic hydroxyl groups is 1. The largest absolute Gasteiger partial charge is 0.511 e. The van der Waals surface area contributed by atoms with Crippen LogP contribution in [0.4, 0.5) is 4.39 Å². The summed E-state index contributed by atoms with van der Waals surface area (Å²) in [7, 11) is 0. The minimum absolute atomic E-state index is 0.0384. The Morgan fingerprint density at radius 3 is 2.52 bits per heavy atom. The second-order valence-corrected chi connectivity index (χ2v) is 8.09. The zero-order chi connectivity index (χ0) is 22.1. The summed E-state index contributed by atoms with van der Waals surface area (Å²) in [6.07, 6.45) is 4.29. The second kappa shape index (κ2) is 8.51. The van der Waals surface area contributed by atoms with Gasteiger partial charge in [0.15, 0.2) is 6.23 Å². The molecule has 2 aromatic carbocycles. The van der Waals surface area contributed by atoms with Crippen LogP contribution in [-0.2, 0) is 4.74 Å². The maximum absolute atomic E-state index is 13.5. The van der Waals surface area contributed by atoms with Crippen LogP contribution in [-0.4, -0.2) is 32.6 Å². The van der Waals surface area contributed by atoms with Gasteiger partial charge >= 0.3 is 5.97 Å². The molecule has 1 aromatic heterocycles. The molecule has 3 aromatic rings. The molecule has 4 rings (SSSR count). The molecule has 1 unspecified atom stereocenters. The second-order valence-electron chi connectivity index (χ2n) is 8.09. The Morgan fingerprint density at radius 2 is 1.90 bits per heavy atom. The number of carboxylic acid groups (broad SMARTS) is 1. The molecular weight excluding hydrogens is 399 g/mol. The number of ether oxygens (including phenoxy) is 1. The highest BCUT2D eigenvalue weighted by atomic mass is 19.1. The Morgan fingerprint density at radius 1 is 1.16 bits per heavy atom. The molecule has 0 spiro atoms. The fourth-order valence-corrected chi connectivity index (χ4v) is 3.97. The lowest BCUT2D eigenvalue weighted by Crippen LogP contribution is -2.19. The smallest absolute Gasteiger partial charge is 0.336 e. The van der Waals surface area contributed by atoms with Gasteiger partial charge in [-0.3, -0.25) is 0 Å². The lowest BCUT2D eigenvalue weighted by atomic mass is 9.89. The summed E-state index contributed by atoms with van der Waals surface area (Å²) >= 11 is 0. The molecule has 1 aliphatic rings. The molecule has 0 saturated carbocycles. The maximum Gasteiger partial charge on any atom is 0.336 e. The van der Waals surface area contributed by atoms with Gasteiger partial charge in [0.1, 0.15) is 11.6 Å². The molecule has 0 radical (unpaired) electrons. The van der Waals surface area contributed by atoms with Crippen molar-refractivity contribution in [2.45, 2.75) is 39.3 Å². The molecule has 162 valence electrons. The number of hydrogen-bond acceptors (Lipinski definition) is 4. The standard InChI is InChI=1S/C24H25FN2O4/c1-14(2)23(28)22(15-6-8-17(25)9-7-15)18-11-16-13-26-27(21-5-3-4-10-31-21)20(16)12-19(18)24(29)30/h6-9,11-14,21,28H,3-5,10H2,1-2H3,(H,29,30)/b23-22-. The van der Waals surface area contributed by atoms with Crippen LogP contribution in [0.15, 0.2) is 48.4 Å². The fraction of sp³-hybridized carbons (Fsp3) is 0.333. The van der Waals surface area contributed by atoms with Crippen molar-refractivity contribution in [3.05, 3.63) is 70.9 Å². The normalized spacial score (nSPS) is 17.7. The molecule has 1 saturated heterocycles. The first-order valence-corrected chi connectivity index (χ1v) is 10.4. The average molecular weight is 424 g/mol. The molecule has 31 heavy (non-hydrogen) atoms. The van der Waals surface area contributed by atoms with E-state index in [1.54, 1.807) is 35.1 Å². The van der Waals surface area contributed by atoms with E-state index in [0.29, 0.717) is 28.8 Å². The highest BCUT2D eigenvalue weighted by Crippen LogP contribution is 2.35. The number of allylic oxidation sites excluding steroid dienone is 1. The van der Waals surface area contributed by atoms with Crippen LogP contribution >= 0.6 is 0 Å². The quantitative estimate of drug-likeness (QED) is 0.525. The maximum atomic E-state index is 13.5. The Kier molecular flexibility index (Phi) is 5.78. The number of aliphatic hydroxyl groups excluding tert-OH is 1. The van der Waals surface area contributed by atoms with Crippen molar-refractivity contribution in [3.8, 4) is 0 Å². The molecule has 0 amide bonds. The van der Waals surface area contributed by atoms with Gasteiger partial charge in [-0.15, -0.1) is 0 Å². The predicted octanol–water partition coefficient (Wildman–Crippen LogP) is 5.55. The Bertz CT molecular complexity index is 1140. The molecule has 0 bridgehead atoms. The summed E-state index contributed by atoms with van der Waals surface area (Å²) in [5.41, 5.74) is 1.97. The third kappa shape index (κ3) is 4.05. The molecule has 7 heteroatoms. The first kappa shape index (κ1) is 21.1. The molecule has 6 nitrogen and oxygen atoms in total. The Balaban J connectivity index is 1.94. The molecule has 2 heterocycles. The monoisotopic (exact) mass is 424 g/mol. The van der Waals surface area contributed by atoms with Crippen molar-refractivity contribution in [1.82, 2.24) is 9.78 Å². The lowest BCUT2D eigenvalue weighted by Gasteiger charge is -2.23. The third-order valence-corrected chi connectivity index (χ3v) is 5.60. The van der Waals surface area contributed by atoms with Crippen LogP contribution in [0, 0.1) is 11.7 Å². The van der Waals surface area contributed by atoms with Crippen LogP contribution in [0.5, 0.6) is 0 Å². The first-order valence-electron chi connectivity index (χ1n) is 10.4. The van der Waals surface area contributed by atoms with E-state index in [0.717, 1.165) is 24.6 Å². The number of carbonyl (C=O) groups is 1. The zero-order valence-electron chi connectivity index (χ0n) is 17.5. The molecule has 2 N–H and O–H groups in total. The molecule has 1 fully saturated rings. The van der Waals surface area contributed by atoms with Crippen molar-refractivity contribution >= 4 is 22.4 Å². The molecule has 1 atom stereocenters. The van der Waals surface area contributed by atoms with Gasteiger partial charge in [-0.1, -0.05) is 26.0 Å². The number of halogens is 1. The number of rotatable bonds is 5. The van der Waals surface area contributed by atoms with Crippen molar-refractivity contribution in [1.29, 1.82) is 0 Å². The summed E-state index contributed by atoms with van der Waals surface area (Å²) in [6.45, 7) is 4.28. The number of aromatic nitrogens is 2. The predicted molar refractivity (Wildman–Crippen MR) is 115 cm³/mol. The summed E-state index contributed by atoms with van der Waals surface area (Å²) in [4.78, 5) is 12.2. The minimum atomic E-state index is -1.12. The number of fused-ring (bicyclic) bond motifs is 1. The summed E-state index contributed by atoms with van der Waals surface area (Å²) in [5.74, 6) is -1.74. The van der Waals surface area contributed by atoms with Crippen molar-refractivity contribution < 1.29 is 24.1 Å². The van der Waals surface area contributed by atoms with Crippen LogP contribution < -0.4 is 0 Å². The van der Waals surface area contributed by atoms with Gasteiger partial charge in [0.2, 0.25) is 0 Å². The van der Waals surface area contributed by atoms with Gasteiger partial charge in [0, 0.05) is 29.0 Å². The Hall–Kier alpha value is -3.19. The van der Waals surface area contributed by atoms with Crippen LogP contribution in [0.1, 0.15) is 60.8 Å². The highest BCUT2D eigenvalue weighted by Gasteiger charge is 2.24. The zero-order valence-corrected chi connectivity index (χ0v) is 17.5. The van der Waals surface area contributed by atoms with E-state index >= 15 is 0 Å². The average Bonchev–Trinajstić information content (AvgIpc) is 3.18. The van der Waals surface area contributed by atoms with Gasteiger partial charge in [0.05, 0.1) is 17.3 Å². The van der Waals surface area contributed by atoms with Crippen LogP contribution in [0.25, 0.3) is 16.5 Å². The lowest BCUT2D eigenvalue weighted by molar-refractivity contribution is -0.0366. The third-order valence-electron chi connectivity index (χ3n) is 5.60. The van der Waals surface area contributed by atoms with Gasteiger partial charge in [-0.05, 0) is 49.1 Å². The van der Waals surface area contributed by atoms with Gasteiger partial charge in [-0.2, -0.15) is 5.10 Å². The van der Waals surface area contributed by atoms with Crippen LogP contribution in [0.3, 0.4) is 0 Å². The summed E-state index contributed by atoms with van der Waals surface area (Å²) in [5, 5.41) is 26.1. The van der Waals surface area contributed by atoms with Crippen molar-refractivity contribution in [2.75, 3.05) is 6.61 Å². The van der Waals surface area contributed by atoms with Gasteiger partial charge in [-0.25, -0.2) is 13.9 Å². The molecule has 1 aliphatic heterocycles. The van der Waals surface area contributed by atoms with E-state index in [4.69, 9.17) is 4.74 Å². The van der Waals surface area contributed by atoms with Gasteiger partial charge < -0.3 is 14.9 Å². The fourth-order valence-electron chi connectivity index (χ4n) is 3.97. The van der Waals surface area contributed by atoms with Crippen LogP contribution in [0.2, 0.25) is 0 Å². The van der Waals surface area contributed by atoms with Gasteiger partial charge in [0.25, 0.3) is 0 Å². The van der Waals surface area contributed by atoms with E-state index in [1.165, 1.54) is 12.1 Å². The first-order chi connectivity index (χ1) is 14.9. The molecular formula is C24H25FN2O4. The number of hydrogen-bond donors (Lipinski definition) is 2. The number of nitrogens with zero attached hydrogens (tertiary/aromatic N) is 2. The SMILES string of the molecule is CC(C)/C(O)=C(\c1ccc(F)cc1)c1cc2cnn(C3CCCCO3)c2cc1C(=O)O. The van der Waals surface area contributed by atoms with Crippen molar-refractivity contribution in [3.63, 3.8) is 0 Å². The van der Waals surface area contributed by atoms with E-state index in [-0.39, 0.29) is 23.5 Å². The highest BCUT2D eigenvalue weighted by molar-refractivity contribution is 6.02. The summed E-state index contributed by atoms with van der Waals surface area (Å²) < 4.78 is 21.1. The summed E-state index contributed by atoms with van der Waals surface area (Å²) in [6, 6.07) is 8.97. The van der Waals surface area contributed by atoms with E-state index < -0.39 is 11.8 Å². The number of benzene rings is 2. The number of aromatic carboxylic acids is 1. The van der Waals surface area contributed by atoms with Crippen molar-refractivity contribution in [2.24, 2.45) is 5.92 Å². The number of carboxylic acids is 1. The molecule has 0 aliphatic carbocycles. The van der Waals surface area contributed by atoms with E-state index in [1.807, 2.05) is 13.8 Å². The van der Waals surface area contributed by atoms with E-state index in [9.17, 15) is 19.4 Å². The topological polar surface area (TPSA) is 84.6 Å². The van der Waals surface area contributed by atoms with E-state index in [2.05, 4.69) is 5.10 Å². The minimum Gasteiger partial charge on any atom is -0.511 e. The Labute approximate surface area is 179 Å².